The highest BCUT2D eigenvalue weighted by molar-refractivity contribution is 5.62. The summed E-state index contributed by atoms with van der Waals surface area (Å²) in [5.41, 5.74) is 2.43. The minimum atomic E-state index is -1.04. The number of rotatable bonds is 5. The van der Waals surface area contributed by atoms with E-state index < -0.39 is 18.0 Å². The van der Waals surface area contributed by atoms with E-state index in [4.69, 9.17) is 9.84 Å². The van der Waals surface area contributed by atoms with Crippen LogP contribution >= 0.6 is 0 Å². The van der Waals surface area contributed by atoms with Crippen LogP contribution in [0.4, 0.5) is 14.6 Å². The molecule has 5 rings (SSSR count). The maximum Gasteiger partial charge on any atom is 0.157 e. The zero-order valence-electron chi connectivity index (χ0n) is 15.3. The van der Waals surface area contributed by atoms with Gasteiger partial charge < -0.3 is 15.4 Å². The number of hydrogen-bond donors (Lipinski definition) is 2. The summed E-state index contributed by atoms with van der Waals surface area (Å²) in [7, 11) is 1.62. The number of aromatic nitrogens is 4. The fourth-order valence-electron chi connectivity index (χ4n) is 3.57. The van der Waals surface area contributed by atoms with Crippen molar-refractivity contribution in [1.29, 1.82) is 0 Å². The van der Waals surface area contributed by atoms with Crippen molar-refractivity contribution in [3.05, 3.63) is 35.9 Å². The van der Waals surface area contributed by atoms with Crippen LogP contribution in [-0.4, -0.2) is 52.0 Å². The summed E-state index contributed by atoms with van der Waals surface area (Å²) < 4.78 is 35.3. The van der Waals surface area contributed by atoms with Gasteiger partial charge in [0.05, 0.1) is 25.0 Å². The molecule has 1 aliphatic carbocycles. The average Bonchev–Trinajstić information content (AvgIpc) is 3.33. The van der Waals surface area contributed by atoms with Crippen LogP contribution in [0.1, 0.15) is 24.5 Å². The van der Waals surface area contributed by atoms with Gasteiger partial charge in [0, 0.05) is 37.2 Å². The molecule has 3 aromatic rings. The summed E-state index contributed by atoms with van der Waals surface area (Å²) in [6.07, 6.45) is 2.72. The number of nitrogens with zero attached hydrogens (tertiary/aromatic N) is 4. The molecule has 0 radical (unpaired) electrons. The largest absolute Gasteiger partial charge is 0.495 e. The Labute approximate surface area is 160 Å². The van der Waals surface area contributed by atoms with E-state index in [0.29, 0.717) is 35.2 Å². The third kappa shape index (κ3) is 3.05. The van der Waals surface area contributed by atoms with Gasteiger partial charge in [-0.3, -0.25) is 0 Å². The van der Waals surface area contributed by atoms with Crippen LogP contribution in [-0.2, 0) is 0 Å². The Morgan fingerprint density at radius 1 is 1.25 bits per heavy atom. The van der Waals surface area contributed by atoms with E-state index in [9.17, 15) is 8.78 Å². The number of imidazole rings is 1. The molecular weight excluding hydrogens is 366 g/mol. The molecule has 2 aliphatic rings. The molecule has 0 amide bonds. The van der Waals surface area contributed by atoms with Crippen molar-refractivity contribution in [3.63, 3.8) is 0 Å². The molecule has 2 N–H and O–H groups in total. The van der Waals surface area contributed by atoms with Gasteiger partial charge in [0.1, 0.15) is 34.9 Å². The Bertz CT molecular complexity index is 1030. The van der Waals surface area contributed by atoms with Crippen molar-refractivity contribution in [1.82, 2.24) is 24.9 Å². The first-order valence-corrected chi connectivity index (χ1v) is 9.34. The summed E-state index contributed by atoms with van der Waals surface area (Å²) in [5.74, 6) is 0.921. The number of pyridine rings is 1. The first-order chi connectivity index (χ1) is 13.6. The number of halogens is 2. The normalized spacial score (nSPS) is 22.0. The van der Waals surface area contributed by atoms with E-state index in [2.05, 4.69) is 20.6 Å². The van der Waals surface area contributed by atoms with E-state index in [0.717, 1.165) is 18.5 Å². The highest BCUT2D eigenvalue weighted by Crippen LogP contribution is 2.43. The van der Waals surface area contributed by atoms with E-state index in [1.165, 1.54) is 12.1 Å². The lowest BCUT2D eigenvalue weighted by Crippen LogP contribution is -2.29. The minimum absolute atomic E-state index is 0.281. The summed E-state index contributed by atoms with van der Waals surface area (Å²) in [4.78, 5) is 8.85. The SMILES string of the molecule is COc1cc2ncc(-c3cc(F)cc(NC4CNCC4F)n3)n2nc1C1CC1. The second-order valence-electron chi connectivity index (χ2n) is 7.27. The zero-order valence-corrected chi connectivity index (χ0v) is 15.3. The molecule has 2 atom stereocenters. The standard InChI is InChI=1S/C19H20F2N6O/c1-28-16-6-18-23-9-15(27(18)26-19(16)10-2-3-10)13-4-11(20)5-17(24-13)25-14-8-22-7-12(14)21/h4-6,9-10,12,14,22H,2-3,7-8H2,1H3,(H,24,25). The van der Waals surface area contributed by atoms with Crippen molar-refractivity contribution < 1.29 is 13.5 Å². The van der Waals surface area contributed by atoms with Gasteiger partial charge in [-0.2, -0.15) is 5.10 Å². The number of hydrogen-bond acceptors (Lipinski definition) is 6. The zero-order chi connectivity index (χ0) is 19.3. The molecule has 1 saturated heterocycles. The van der Waals surface area contributed by atoms with E-state index in [1.807, 2.05) is 6.07 Å². The summed E-state index contributed by atoms with van der Waals surface area (Å²) in [5, 5.41) is 10.6. The summed E-state index contributed by atoms with van der Waals surface area (Å²) >= 11 is 0. The van der Waals surface area contributed by atoms with Crippen molar-refractivity contribution in [2.75, 3.05) is 25.5 Å². The van der Waals surface area contributed by atoms with Crippen LogP contribution in [0.2, 0.25) is 0 Å². The molecule has 28 heavy (non-hydrogen) atoms. The molecule has 1 aliphatic heterocycles. The number of nitrogens with one attached hydrogen (secondary N) is 2. The van der Waals surface area contributed by atoms with Crippen LogP contribution in [0.15, 0.2) is 24.4 Å². The molecule has 7 nitrogen and oxygen atoms in total. The quantitative estimate of drug-likeness (QED) is 0.702. The molecule has 0 aromatic carbocycles. The summed E-state index contributed by atoms with van der Waals surface area (Å²) in [6.45, 7) is 0.749. The van der Waals surface area contributed by atoms with Gasteiger partial charge in [0.2, 0.25) is 0 Å². The maximum absolute atomic E-state index is 14.3. The molecule has 1 saturated carbocycles. The smallest absolute Gasteiger partial charge is 0.157 e. The van der Waals surface area contributed by atoms with Gasteiger partial charge in [-0.05, 0) is 12.8 Å². The molecule has 3 aromatic heterocycles. The molecule has 146 valence electrons. The third-order valence-corrected chi connectivity index (χ3v) is 5.19. The Kier molecular flexibility index (Phi) is 4.12. The van der Waals surface area contributed by atoms with Gasteiger partial charge in [-0.25, -0.2) is 23.3 Å². The Morgan fingerprint density at radius 2 is 2.11 bits per heavy atom. The number of methoxy groups -OCH3 is 1. The molecule has 0 bridgehead atoms. The number of anilines is 1. The Morgan fingerprint density at radius 3 is 2.82 bits per heavy atom. The highest BCUT2D eigenvalue weighted by atomic mass is 19.1. The first kappa shape index (κ1) is 17.3. The molecule has 2 fully saturated rings. The van der Waals surface area contributed by atoms with Crippen LogP contribution in [0, 0.1) is 5.82 Å². The monoisotopic (exact) mass is 386 g/mol. The molecule has 4 heterocycles. The topological polar surface area (TPSA) is 76.4 Å². The van der Waals surface area contributed by atoms with Gasteiger partial charge in [0.25, 0.3) is 0 Å². The van der Waals surface area contributed by atoms with E-state index in [-0.39, 0.29) is 12.4 Å². The number of fused-ring (bicyclic) bond motifs is 1. The van der Waals surface area contributed by atoms with Crippen LogP contribution in [0.25, 0.3) is 17.0 Å². The van der Waals surface area contributed by atoms with Crippen molar-refractivity contribution in [3.8, 4) is 17.1 Å². The number of ether oxygens (including phenoxy) is 1. The second kappa shape index (κ2) is 6.66. The first-order valence-electron chi connectivity index (χ1n) is 9.34. The Hall–Kier alpha value is -2.81. The van der Waals surface area contributed by atoms with Crippen LogP contribution in [0.3, 0.4) is 0 Å². The maximum atomic E-state index is 14.3. The molecule has 9 heteroatoms. The van der Waals surface area contributed by atoms with Gasteiger partial charge in [-0.15, -0.1) is 0 Å². The van der Waals surface area contributed by atoms with Crippen LogP contribution in [0.5, 0.6) is 5.75 Å². The molecule has 2 unspecified atom stereocenters. The molecule has 0 spiro atoms. The van der Waals surface area contributed by atoms with Gasteiger partial charge in [0.15, 0.2) is 5.65 Å². The van der Waals surface area contributed by atoms with Gasteiger partial charge >= 0.3 is 0 Å². The number of alkyl halides is 1. The molecular formula is C19H20F2N6O. The highest BCUT2D eigenvalue weighted by Gasteiger charge is 2.30. The Balaban J connectivity index is 1.55. The second-order valence-corrected chi connectivity index (χ2v) is 7.27. The fourth-order valence-corrected chi connectivity index (χ4v) is 3.57. The third-order valence-electron chi connectivity index (χ3n) is 5.19. The lowest BCUT2D eigenvalue weighted by molar-refractivity contribution is 0.342. The minimum Gasteiger partial charge on any atom is -0.495 e. The fraction of sp³-hybridized carbons (Fsp3) is 0.421. The lowest BCUT2D eigenvalue weighted by atomic mass is 10.2. The lowest BCUT2D eigenvalue weighted by Gasteiger charge is -2.15. The predicted octanol–water partition coefficient (Wildman–Crippen LogP) is 2.54. The van der Waals surface area contributed by atoms with Gasteiger partial charge in [-0.1, -0.05) is 0 Å². The van der Waals surface area contributed by atoms with E-state index >= 15 is 0 Å². The van der Waals surface area contributed by atoms with Crippen molar-refractivity contribution >= 4 is 11.5 Å². The van der Waals surface area contributed by atoms with Crippen molar-refractivity contribution in [2.24, 2.45) is 0 Å². The predicted molar refractivity (Wildman–Crippen MR) is 99.9 cm³/mol. The summed E-state index contributed by atoms with van der Waals surface area (Å²) in [6, 6.07) is 4.00. The van der Waals surface area contributed by atoms with Crippen molar-refractivity contribution in [2.45, 2.75) is 31.0 Å². The average molecular weight is 386 g/mol. The van der Waals surface area contributed by atoms with E-state index in [1.54, 1.807) is 17.8 Å². The van der Waals surface area contributed by atoms with Crippen LogP contribution < -0.4 is 15.4 Å².